The number of nitrogen functional groups attached to an aromatic ring is 1. The summed E-state index contributed by atoms with van der Waals surface area (Å²) in [6.45, 7) is -1.22. The Morgan fingerprint density at radius 2 is 1.88 bits per heavy atom. The molecule has 6 nitrogen and oxygen atoms in total. The Bertz CT molecular complexity index is 664. The molecule has 0 spiro atoms. The summed E-state index contributed by atoms with van der Waals surface area (Å²) in [6, 6.07) is 5.49. The standard InChI is InChI=1S/C14H16F4N4O2S/c15-10-2-4-11(5-3-10)24-8-12-20-21-13(22(12)19)25-7-1-6-23-9-14(16,17)18/h2-5H,1,6-9,19H2. The van der Waals surface area contributed by atoms with E-state index in [1.807, 2.05) is 0 Å². The van der Waals surface area contributed by atoms with Crippen LogP contribution in [0.5, 0.6) is 5.75 Å². The highest BCUT2D eigenvalue weighted by molar-refractivity contribution is 7.99. The van der Waals surface area contributed by atoms with Crippen LogP contribution in [-0.2, 0) is 11.3 Å². The molecule has 0 aliphatic heterocycles. The highest BCUT2D eigenvalue weighted by Gasteiger charge is 2.27. The highest BCUT2D eigenvalue weighted by atomic mass is 32.2. The molecule has 0 atom stereocenters. The summed E-state index contributed by atoms with van der Waals surface area (Å²) in [6.07, 6.45) is -3.90. The van der Waals surface area contributed by atoms with Crippen LogP contribution in [0.2, 0.25) is 0 Å². The van der Waals surface area contributed by atoms with E-state index in [0.717, 1.165) is 0 Å². The maximum atomic E-state index is 12.8. The van der Waals surface area contributed by atoms with E-state index in [1.165, 1.54) is 40.7 Å². The highest BCUT2D eigenvalue weighted by Crippen LogP contribution is 2.18. The van der Waals surface area contributed by atoms with Crippen LogP contribution in [0.3, 0.4) is 0 Å². The number of hydrogen-bond donors (Lipinski definition) is 1. The van der Waals surface area contributed by atoms with Crippen LogP contribution in [0, 0.1) is 5.82 Å². The van der Waals surface area contributed by atoms with Crippen molar-refractivity contribution in [2.24, 2.45) is 0 Å². The molecule has 138 valence electrons. The third-order valence-electron chi connectivity index (χ3n) is 2.85. The number of thioether (sulfide) groups is 1. The van der Waals surface area contributed by atoms with Crippen molar-refractivity contribution >= 4 is 11.8 Å². The summed E-state index contributed by atoms with van der Waals surface area (Å²) < 4.78 is 59.7. The van der Waals surface area contributed by atoms with Gasteiger partial charge in [0.05, 0.1) is 0 Å². The molecule has 0 radical (unpaired) electrons. The maximum absolute atomic E-state index is 12.8. The fourth-order valence-corrected chi connectivity index (χ4v) is 2.48. The first-order chi connectivity index (χ1) is 11.8. The molecule has 1 heterocycles. The molecule has 25 heavy (non-hydrogen) atoms. The van der Waals surface area contributed by atoms with Gasteiger partial charge in [0.15, 0.2) is 5.82 Å². The first-order valence-electron chi connectivity index (χ1n) is 7.20. The molecular formula is C14H16F4N4O2S. The van der Waals surface area contributed by atoms with Crippen molar-refractivity contribution in [1.29, 1.82) is 0 Å². The Labute approximate surface area is 145 Å². The molecule has 0 saturated carbocycles. The van der Waals surface area contributed by atoms with E-state index in [1.54, 1.807) is 0 Å². The van der Waals surface area contributed by atoms with Gasteiger partial charge in [-0.25, -0.2) is 9.07 Å². The predicted octanol–water partition coefficient (Wildman–Crippen LogP) is 2.77. The Morgan fingerprint density at radius 3 is 2.56 bits per heavy atom. The van der Waals surface area contributed by atoms with E-state index in [-0.39, 0.29) is 19.0 Å². The Hall–Kier alpha value is -2.01. The van der Waals surface area contributed by atoms with Gasteiger partial charge in [-0.3, -0.25) is 0 Å². The molecule has 1 aromatic heterocycles. The first kappa shape index (κ1) is 19.3. The maximum Gasteiger partial charge on any atom is 0.411 e. The number of alkyl halides is 3. The molecule has 2 aromatic rings. The van der Waals surface area contributed by atoms with Gasteiger partial charge in [0, 0.05) is 12.4 Å². The lowest BCUT2D eigenvalue weighted by molar-refractivity contribution is -0.173. The van der Waals surface area contributed by atoms with Crippen LogP contribution in [0.1, 0.15) is 12.2 Å². The zero-order chi connectivity index (χ0) is 18.3. The summed E-state index contributed by atoms with van der Waals surface area (Å²) in [5, 5.41) is 8.18. The van der Waals surface area contributed by atoms with Gasteiger partial charge in [0.1, 0.15) is 24.8 Å². The van der Waals surface area contributed by atoms with Crippen molar-refractivity contribution in [3.8, 4) is 5.75 Å². The summed E-state index contributed by atoms with van der Waals surface area (Å²) in [5.41, 5.74) is 0. The second-order valence-electron chi connectivity index (χ2n) is 4.88. The predicted molar refractivity (Wildman–Crippen MR) is 83.1 cm³/mol. The van der Waals surface area contributed by atoms with Crippen LogP contribution in [0.25, 0.3) is 0 Å². The molecule has 0 fully saturated rings. The SMILES string of the molecule is Nn1c(COc2ccc(F)cc2)nnc1SCCCOCC(F)(F)F. The molecule has 1 aromatic carbocycles. The average Bonchev–Trinajstić information content (AvgIpc) is 2.90. The van der Waals surface area contributed by atoms with E-state index < -0.39 is 12.8 Å². The Kier molecular flexibility index (Phi) is 6.88. The van der Waals surface area contributed by atoms with Crippen molar-refractivity contribution in [3.63, 3.8) is 0 Å². The van der Waals surface area contributed by atoms with Gasteiger partial charge >= 0.3 is 6.18 Å². The number of benzene rings is 1. The summed E-state index contributed by atoms with van der Waals surface area (Å²) in [7, 11) is 0. The van der Waals surface area contributed by atoms with Crippen molar-refractivity contribution in [1.82, 2.24) is 14.9 Å². The smallest absolute Gasteiger partial charge is 0.411 e. The zero-order valence-electron chi connectivity index (χ0n) is 13.0. The molecule has 2 N–H and O–H groups in total. The molecule has 0 amide bonds. The zero-order valence-corrected chi connectivity index (χ0v) is 13.8. The minimum Gasteiger partial charge on any atom is -0.486 e. The second-order valence-corrected chi connectivity index (χ2v) is 5.94. The molecule has 11 heteroatoms. The minimum atomic E-state index is -4.32. The van der Waals surface area contributed by atoms with Crippen LogP contribution in [-0.4, -0.2) is 40.0 Å². The molecule has 0 saturated heterocycles. The topological polar surface area (TPSA) is 75.2 Å². The third-order valence-corrected chi connectivity index (χ3v) is 3.88. The second kappa shape index (κ2) is 8.90. The number of nitrogens with two attached hydrogens (primary N) is 1. The molecular weight excluding hydrogens is 364 g/mol. The molecule has 2 rings (SSSR count). The fraction of sp³-hybridized carbons (Fsp3) is 0.429. The van der Waals surface area contributed by atoms with E-state index >= 15 is 0 Å². The number of nitrogens with zero attached hydrogens (tertiary/aromatic N) is 3. The van der Waals surface area contributed by atoms with Gasteiger partial charge in [0.25, 0.3) is 0 Å². The van der Waals surface area contributed by atoms with E-state index in [2.05, 4.69) is 14.9 Å². The number of hydrogen-bond acceptors (Lipinski definition) is 6. The van der Waals surface area contributed by atoms with Gasteiger partial charge < -0.3 is 15.3 Å². The van der Waals surface area contributed by atoms with E-state index in [4.69, 9.17) is 10.6 Å². The lowest BCUT2D eigenvalue weighted by Crippen LogP contribution is -2.17. The average molecular weight is 380 g/mol. The normalized spacial score (nSPS) is 11.7. The lowest BCUT2D eigenvalue weighted by Gasteiger charge is -2.07. The Balaban J connectivity index is 1.72. The summed E-state index contributed by atoms with van der Waals surface area (Å²) >= 11 is 1.25. The number of rotatable bonds is 9. The lowest BCUT2D eigenvalue weighted by atomic mass is 10.3. The quantitative estimate of drug-likeness (QED) is 0.312. The van der Waals surface area contributed by atoms with Crippen molar-refractivity contribution < 1.29 is 27.0 Å². The van der Waals surface area contributed by atoms with Gasteiger partial charge in [-0.2, -0.15) is 13.2 Å². The van der Waals surface area contributed by atoms with Crippen molar-refractivity contribution in [3.05, 3.63) is 35.9 Å². The molecule has 0 aliphatic carbocycles. The molecule has 0 bridgehead atoms. The summed E-state index contributed by atoms with van der Waals surface area (Å²) in [5.74, 6) is 6.77. The van der Waals surface area contributed by atoms with Crippen LogP contribution in [0.15, 0.2) is 29.4 Å². The van der Waals surface area contributed by atoms with Gasteiger partial charge in [-0.1, -0.05) is 11.8 Å². The monoisotopic (exact) mass is 380 g/mol. The summed E-state index contributed by atoms with van der Waals surface area (Å²) in [4.78, 5) is 0. The molecule has 0 unspecified atom stereocenters. The minimum absolute atomic E-state index is 0.00818. The Morgan fingerprint density at radius 1 is 1.16 bits per heavy atom. The van der Waals surface area contributed by atoms with E-state index in [9.17, 15) is 17.6 Å². The third kappa shape index (κ3) is 6.78. The van der Waals surface area contributed by atoms with Gasteiger partial charge in [-0.05, 0) is 30.7 Å². The molecule has 0 aliphatic rings. The van der Waals surface area contributed by atoms with Crippen LogP contribution in [0.4, 0.5) is 17.6 Å². The largest absolute Gasteiger partial charge is 0.486 e. The van der Waals surface area contributed by atoms with Gasteiger partial charge in [-0.15, -0.1) is 10.2 Å². The first-order valence-corrected chi connectivity index (χ1v) is 8.19. The van der Waals surface area contributed by atoms with Crippen molar-refractivity contribution in [2.75, 3.05) is 24.8 Å². The van der Waals surface area contributed by atoms with Crippen LogP contribution >= 0.6 is 11.8 Å². The number of halogens is 4. The van der Waals surface area contributed by atoms with Gasteiger partial charge in [0.2, 0.25) is 5.16 Å². The fourth-order valence-electron chi connectivity index (χ4n) is 1.70. The van der Waals surface area contributed by atoms with E-state index in [0.29, 0.717) is 28.9 Å². The van der Waals surface area contributed by atoms with Crippen LogP contribution < -0.4 is 10.6 Å². The number of ether oxygens (including phenoxy) is 2. The number of aromatic nitrogens is 3. The van der Waals surface area contributed by atoms with Crippen molar-refractivity contribution in [2.45, 2.75) is 24.4 Å².